The molecule has 3 aromatic rings. The number of hydrogen-bond donors (Lipinski definition) is 2. The maximum absolute atomic E-state index is 13.1. The molecule has 0 aliphatic heterocycles. The zero-order valence-electron chi connectivity index (χ0n) is 18.6. The fraction of sp³-hybridized carbons (Fsp3) is 0.455. The predicted octanol–water partition coefficient (Wildman–Crippen LogP) is 4.73. The molecule has 1 fully saturated rings. The Morgan fingerprint density at radius 3 is 2.44 bits per heavy atom. The first-order chi connectivity index (χ1) is 15.1. The minimum absolute atomic E-state index is 0.0734. The van der Waals surface area contributed by atoms with Crippen molar-refractivity contribution in [2.75, 3.05) is 24.3 Å². The Balaban J connectivity index is 1.40. The van der Waals surface area contributed by atoms with E-state index in [1.165, 1.54) is 11.3 Å². The van der Waals surface area contributed by atoms with E-state index in [9.17, 15) is 8.42 Å². The molecule has 2 heterocycles. The SMILES string of the molecule is Cc1nc(NC2CCC(NS(=O)(=O)c3sc4ccc(Cl)cc4c3C)CC2)cc(N(C)C)n1. The van der Waals surface area contributed by atoms with Crippen LogP contribution in [0.2, 0.25) is 5.02 Å². The summed E-state index contributed by atoms with van der Waals surface area (Å²) >= 11 is 7.39. The summed E-state index contributed by atoms with van der Waals surface area (Å²) in [6.45, 7) is 3.73. The average Bonchev–Trinajstić information content (AvgIpc) is 3.06. The molecule has 0 radical (unpaired) electrons. The minimum atomic E-state index is -3.58. The van der Waals surface area contributed by atoms with Crippen LogP contribution in [-0.2, 0) is 10.0 Å². The molecular formula is C22H28ClN5O2S2. The van der Waals surface area contributed by atoms with Crippen LogP contribution in [0.4, 0.5) is 11.6 Å². The van der Waals surface area contributed by atoms with Gasteiger partial charge in [0.1, 0.15) is 21.7 Å². The molecule has 1 aliphatic rings. The van der Waals surface area contributed by atoms with E-state index in [2.05, 4.69) is 20.0 Å². The quantitative estimate of drug-likeness (QED) is 0.516. The van der Waals surface area contributed by atoms with E-state index < -0.39 is 10.0 Å². The van der Waals surface area contributed by atoms with Gasteiger partial charge in [-0.1, -0.05) is 11.6 Å². The number of benzene rings is 1. The van der Waals surface area contributed by atoms with Crippen molar-refractivity contribution in [3.05, 3.63) is 40.7 Å². The normalized spacial score (nSPS) is 19.3. The van der Waals surface area contributed by atoms with Crippen LogP contribution in [0.3, 0.4) is 0 Å². The Kier molecular flexibility index (Phi) is 6.63. The molecule has 2 N–H and O–H groups in total. The number of aromatic nitrogens is 2. The monoisotopic (exact) mass is 493 g/mol. The number of fused-ring (bicyclic) bond motifs is 1. The predicted molar refractivity (Wildman–Crippen MR) is 133 cm³/mol. The van der Waals surface area contributed by atoms with Crippen LogP contribution in [0, 0.1) is 13.8 Å². The molecule has 7 nitrogen and oxygen atoms in total. The van der Waals surface area contributed by atoms with Crippen LogP contribution in [0.1, 0.15) is 37.1 Å². The van der Waals surface area contributed by atoms with Crippen molar-refractivity contribution in [1.29, 1.82) is 0 Å². The summed E-state index contributed by atoms with van der Waals surface area (Å²) in [5.41, 5.74) is 0.756. The second-order valence-corrected chi connectivity index (χ2v) is 11.9. The van der Waals surface area contributed by atoms with Crippen molar-refractivity contribution in [2.24, 2.45) is 0 Å². The average molecular weight is 494 g/mol. The molecule has 1 aromatic carbocycles. The summed E-state index contributed by atoms with van der Waals surface area (Å²) in [6.07, 6.45) is 3.29. The first-order valence-electron chi connectivity index (χ1n) is 10.6. The highest BCUT2D eigenvalue weighted by molar-refractivity contribution is 7.91. The van der Waals surface area contributed by atoms with E-state index in [-0.39, 0.29) is 12.1 Å². The molecule has 0 unspecified atom stereocenters. The lowest BCUT2D eigenvalue weighted by molar-refractivity contribution is 0.387. The highest BCUT2D eigenvalue weighted by atomic mass is 35.5. The number of thiophene rings is 1. The van der Waals surface area contributed by atoms with Gasteiger partial charge >= 0.3 is 0 Å². The third-order valence-electron chi connectivity index (χ3n) is 5.78. The molecule has 1 aliphatic carbocycles. The van der Waals surface area contributed by atoms with Gasteiger partial charge in [0.05, 0.1) is 0 Å². The largest absolute Gasteiger partial charge is 0.367 e. The Labute approximate surface area is 198 Å². The van der Waals surface area contributed by atoms with Gasteiger partial charge in [-0.25, -0.2) is 23.1 Å². The Hall–Kier alpha value is -1.94. The van der Waals surface area contributed by atoms with Crippen molar-refractivity contribution in [3.63, 3.8) is 0 Å². The van der Waals surface area contributed by atoms with Gasteiger partial charge in [0.15, 0.2) is 0 Å². The van der Waals surface area contributed by atoms with E-state index >= 15 is 0 Å². The second-order valence-electron chi connectivity index (χ2n) is 8.52. The standard InChI is InChI=1S/C22H28ClN5O2S2/c1-13-18-11-15(23)5-10-19(18)31-22(13)32(29,30)27-17-8-6-16(7-9-17)26-20-12-21(28(3)4)25-14(2)24-20/h5,10-12,16-17,27H,6-9H2,1-4H3,(H,24,25,26). The maximum Gasteiger partial charge on any atom is 0.250 e. The first-order valence-corrected chi connectivity index (χ1v) is 13.3. The van der Waals surface area contributed by atoms with Crippen LogP contribution in [-0.4, -0.2) is 44.6 Å². The van der Waals surface area contributed by atoms with Crippen LogP contribution in [0.5, 0.6) is 0 Å². The fourth-order valence-corrected chi connectivity index (χ4v) is 7.36. The summed E-state index contributed by atoms with van der Waals surface area (Å²) in [7, 11) is 0.325. The lowest BCUT2D eigenvalue weighted by Crippen LogP contribution is -2.40. The number of halogens is 1. The van der Waals surface area contributed by atoms with E-state index in [1.54, 1.807) is 6.07 Å². The molecule has 1 saturated carbocycles. The summed E-state index contributed by atoms with van der Waals surface area (Å²) in [5, 5.41) is 5.00. The number of rotatable bonds is 6. The van der Waals surface area contributed by atoms with Gasteiger partial charge in [0, 0.05) is 42.0 Å². The van der Waals surface area contributed by atoms with Crippen molar-refractivity contribution in [1.82, 2.24) is 14.7 Å². The Morgan fingerprint density at radius 2 is 1.75 bits per heavy atom. The van der Waals surface area contributed by atoms with E-state index in [4.69, 9.17) is 11.6 Å². The third kappa shape index (κ3) is 5.01. The number of hydrogen-bond acceptors (Lipinski definition) is 7. The van der Waals surface area contributed by atoms with Crippen LogP contribution < -0.4 is 14.9 Å². The zero-order chi connectivity index (χ0) is 23.0. The number of anilines is 2. The van der Waals surface area contributed by atoms with Crippen molar-refractivity contribution >= 4 is 54.7 Å². The van der Waals surface area contributed by atoms with E-state index in [1.807, 2.05) is 51.0 Å². The van der Waals surface area contributed by atoms with Crippen molar-refractivity contribution < 1.29 is 8.42 Å². The molecule has 0 bridgehead atoms. The highest BCUT2D eigenvalue weighted by Crippen LogP contribution is 2.36. The van der Waals surface area contributed by atoms with Gasteiger partial charge < -0.3 is 10.2 Å². The summed E-state index contributed by atoms with van der Waals surface area (Å²) in [5.74, 6) is 2.39. The summed E-state index contributed by atoms with van der Waals surface area (Å²) in [4.78, 5) is 10.9. The van der Waals surface area contributed by atoms with Gasteiger partial charge in [-0.3, -0.25) is 0 Å². The van der Waals surface area contributed by atoms with Crippen molar-refractivity contribution in [3.8, 4) is 0 Å². The maximum atomic E-state index is 13.1. The number of nitrogens with zero attached hydrogens (tertiary/aromatic N) is 3. The third-order valence-corrected chi connectivity index (χ3v) is 9.43. The van der Waals surface area contributed by atoms with Crippen LogP contribution in [0.25, 0.3) is 10.1 Å². The molecule has 0 saturated heterocycles. The molecule has 10 heteroatoms. The number of sulfonamides is 1. The molecule has 4 rings (SSSR count). The topological polar surface area (TPSA) is 87.2 Å². The highest BCUT2D eigenvalue weighted by Gasteiger charge is 2.28. The van der Waals surface area contributed by atoms with Crippen LogP contribution in [0.15, 0.2) is 28.5 Å². The van der Waals surface area contributed by atoms with Crippen LogP contribution >= 0.6 is 22.9 Å². The van der Waals surface area contributed by atoms with Gasteiger partial charge in [-0.2, -0.15) is 0 Å². The van der Waals surface area contributed by atoms with Gasteiger partial charge in [-0.05, 0) is 68.7 Å². The van der Waals surface area contributed by atoms with Crippen molar-refractivity contribution in [2.45, 2.75) is 55.8 Å². The van der Waals surface area contributed by atoms with Gasteiger partial charge in [-0.15, -0.1) is 11.3 Å². The number of nitrogens with one attached hydrogen (secondary N) is 2. The molecule has 32 heavy (non-hydrogen) atoms. The molecule has 172 valence electrons. The smallest absolute Gasteiger partial charge is 0.250 e. The molecule has 0 atom stereocenters. The molecular weight excluding hydrogens is 466 g/mol. The molecule has 2 aromatic heterocycles. The fourth-order valence-electron chi connectivity index (χ4n) is 4.12. The molecule has 0 spiro atoms. The summed E-state index contributed by atoms with van der Waals surface area (Å²) in [6, 6.07) is 7.62. The first kappa shape index (κ1) is 23.2. The van der Waals surface area contributed by atoms with E-state index in [0.717, 1.165) is 58.8 Å². The molecule has 0 amide bonds. The zero-order valence-corrected chi connectivity index (χ0v) is 21.0. The Morgan fingerprint density at radius 1 is 1.06 bits per heavy atom. The Bertz CT molecular complexity index is 1230. The lowest BCUT2D eigenvalue weighted by Gasteiger charge is -2.30. The van der Waals surface area contributed by atoms with E-state index in [0.29, 0.717) is 9.23 Å². The summed E-state index contributed by atoms with van der Waals surface area (Å²) < 4.78 is 30.5. The minimum Gasteiger partial charge on any atom is -0.367 e. The van der Waals surface area contributed by atoms with Gasteiger partial charge in [0.2, 0.25) is 0 Å². The number of aryl methyl sites for hydroxylation is 2. The second kappa shape index (κ2) is 9.13. The lowest BCUT2D eigenvalue weighted by atomic mass is 9.92. The van der Waals surface area contributed by atoms with Gasteiger partial charge in [0.25, 0.3) is 10.0 Å².